The van der Waals surface area contributed by atoms with E-state index in [4.69, 9.17) is 4.74 Å². The van der Waals surface area contributed by atoms with Crippen LogP contribution in [0.25, 0.3) is 0 Å². The lowest BCUT2D eigenvalue weighted by Crippen LogP contribution is -3.12. The second-order valence-electron chi connectivity index (χ2n) is 8.20. The Hall–Kier alpha value is -2.97. The molecule has 0 bridgehead atoms. The predicted molar refractivity (Wildman–Crippen MR) is 119 cm³/mol. The molecule has 2 heterocycles. The molecule has 8 heteroatoms. The van der Waals surface area contributed by atoms with Gasteiger partial charge in [-0.15, -0.1) is 0 Å². The first-order chi connectivity index (χ1) is 15.1. The molecule has 2 fully saturated rings. The van der Waals surface area contributed by atoms with Gasteiger partial charge in [0.2, 0.25) is 0 Å². The summed E-state index contributed by atoms with van der Waals surface area (Å²) in [5, 5.41) is 14.5. The van der Waals surface area contributed by atoms with Gasteiger partial charge in [-0.1, -0.05) is 12.1 Å². The predicted octanol–water partition coefficient (Wildman–Crippen LogP) is 2.25. The van der Waals surface area contributed by atoms with Gasteiger partial charge in [0.15, 0.2) is 0 Å². The minimum absolute atomic E-state index is 0.0154. The van der Waals surface area contributed by atoms with E-state index in [-0.39, 0.29) is 17.2 Å². The summed E-state index contributed by atoms with van der Waals surface area (Å²) < 4.78 is 5.39. The Kier molecular flexibility index (Phi) is 6.79. The van der Waals surface area contributed by atoms with Crippen molar-refractivity contribution < 1.29 is 19.4 Å². The highest BCUT2D eigenvalue weighted by Gasteiger charge is 2.23. The topological polar surface area (TPSA) is 89.2 Å². The smallest absolute Gasteiger partial charge is 0.293 e. The molecule has 2 aromatic carbocycles. The molecule has 2 N–H and O–H groups in total. The molecule has 4 rings (SSSR count). The molecule has 1 amide bonds. The van der Waals surface area contributed by atoms with Crippen molar-refractivity contribution in [3.05, 3.63) is 63.7 Å². The van der Waals surface area contributed by atoms with Gasteiger partial charge in [-0.25, -0.2) is 0 Å². The third-order valence-corrected chi connectivity index (χ3v) is 6.00. The number of carbonyl (C=O) groups excluding carboxylic acids is 1. The largest absolute Gasteiger partial charge is 0.370 e. The fraction of sp³-hybridized carbons (Fsp3) is 0.435. The fourth-order valence-electron chi connectivity index (χ4n) is 4.25. The second kappa shape index (κ2) is 9.89. The maximum atomic E-state index is 12.7. The lowest BCUT2D eigenvalue weighted by atomic mass is 10.1. The highest BCUT2D eigenvalue weighted by Crippen LogP contribution is 2.31. The lowest BCUT2D eigenvalue weighted by molar-refractivity contribution is -0.921. The summed E-state index contributed by atoms with van der Waals surface area (Å²) in [6, 6.07) is 12.5. The van der Waals surface area contributed by atoms with E-state index in [2.05, 4.69) is 5.32 Å². The van der Waals surface area contributed by atoms with Gasteiger partial charge < -0.3 is 19.9 Å². The number of anilines is 2. The number of piperidine rings is 1. The maximum Gasteiger partial charge on any atom is 0.293 e. The molecule has 0 aliphatic carbocycles. The van der Waals surface area contributed by atoms with Crippen molar-refractivity contribution in [2.75, 3.05) is 49.6 Å². The first-order valence-corrected chi connectivity index (χ1v) is 10.9. The quantitative estimate of drug-likeness (QED) is 0.547. The Labute approximate surface area is 181 Å². The van der Waals surface area contributed by atoms with Crippen LogP contribution in [0.3, 0.4) is 0 Å². The highest BCUT2D eigenvalue weighted by molar-refractivity contribution is 6.05. The summed E-state index contributed by atoms with van der Waals surface area (Å²) >= 11 is 0. The number of quaternary nitrogens is 1. The Morgan fingerprint density at radius 2 is 1.77 bits per heavy atom. The van der Waals surface area contributed by atoms with Crippen molar-refractivity contribution in [1.82, 2.24) is 0 Å². The second-order valence-corrected chi connectivity index (χ2v) is 8.20. The van der Waals surface area contributed by atoms with Gasteiger partial charge in [0.1, 0.15) is 25.3 Å². The minimum Gasteiger partial charge on any atom is -0.370 e. The molecule has 2 aromatic rings. The molecule has 0 radical (unpaired) electrons. The third-order valence-electron chi connectivity index (χ3n) is 6.00. The van der Waals surface area contributed by atoms with Crippen molar-refractivity contribution >= 4 is 23.0 Å². The Morgan fingerprint density at radius 3 is 2.45 bits per heavy atom. The number of rotatable bonds is 6. The number of hydrogen-bond donors (Lipinski definition) is 2. The molecule has 0 saturated carbocycles. The lowest BCUT2D eigenvalue weighted by Gasteiger charge is -2.28. The molecule has 0 aromatic heterocycles. The van der Waals surface area contributed by atoms with Crippen LogP contribution in [0, 0.1) is 10.1 Å². The SMILES string of the molecule is O=C(Nc1ccc(C[NH+]2CCOCC2)cc1)c1ccc(N2CCCCC2)c([N+](=O)[O-])c1. The normalized spacial score (nSPS) is 17.4. The zero-order valence-corrected chi connectivity index (χ0v) is 17.6. The molecule has 0 spiro atoms. The molecule has 0 unspecified atom stereocenters. The van der Waals surface area contributed by atoms with Crippen LogP contribution >= 0.6 is 0 Å². The summed E-state index contributed by atoms with van der Waals surface area (Å²) in [5.41, 5.74) is 2.74. The van der Waals surface area contributed by atoms with Crippen LogP contribution in [0.2, 0.25) is 0 Å². The van der Waals surface area contributed by atoms with Gasteiger partial charge in [0.25, 0.3) is 11.6 Å². The van der Waals surface area contributed by atoms with Crippen LogP contribution < -0.4 is 15.1 Å². The summed E-state index contributed by atoms with van der Waals surface area (Å²) in [5.74, 6) is -0.347. The number of amides is 1. The van der Waals surface area contributed by atoms with E-state index in [9.17, 15) is 14.9 Å². The van der Waals surface area contributed by atoms with Crippen LogP contribution in [-0.2, 0) is 11.3 Å². The fourth-order valence-corrected chi connectivity index (χ4v) is 4.25. The first-order valence-electron chi connectivity index (χ1n) is 10.9. The van der Waals surface area contributed by atoms with Crippen LogP contribution in [0.5, 0.6) is 0 Å². The average molecular weight is 426 g/mol. The zero-order chi connectivity index (χ0) is 21.6. The molecule has 164 valence electrons. The van der Waals surface area contributed by atoms with E-state index < -0.39 is 4.92 Å². The molecule has 0 atom stereocenters. The van der Waals surface area contributed by atoms with Gasteiger partial charge in [0, 0.05) is 36.0 Å². The number of morpholine rings is 1. The molecule has 8 nitrogen and oxygen atoms in total. The number of nitrogens with zero attached hydrogens (tertiary/aromatic N) is 2. The van der Waals surface area contributed by atoms with Gasteiger partial charge in [-0.05, 0) is 43.5 Å². The van der Waals surface area contributed by atoms with Crippen molar-refractivity contribution in [3.8, 4) is 0 Å². The number of ether oxygens (including phenoxy) is 1. The number of carbonyl (C=O) groups is 1. The minimum atomic E-state index is -0.399. The van der Waals surface area contributed by atoms with Crippen LogP contribution in [0.1, 0.15) is 35.2 Å². The van der Waals surface area contributed by atoms with Gasteiger partial charge in [0.05, 0.1) is 18.1 Å². The van der Waals surface area contributed by atoms with Crippen molar-refractivity contribution in [2.45, 2.75) is 25.8 Å². The summed E-state index contributed by atoms with van der Waals surface area (Å²) in [6.07, 6.45) is 3.21. The van der Waals surface area contributed by atoms with Crippen molar-refractivity contribution in [2.24, 2.45) is 0 Å². The van der Waals surface area contributed by atoms with Crippen LogP contribution in [-0.4, -0.2) is 50.2 Å². The standard InChI is InChI=1S/C23H28N4O4/c28-23(24-20-7-4-18(5-8-20)17-25-12-14-31-15-13-25)19-6-9-21(22(16-19)27(29)30)26-10-2-1-3-11-26/h4-9,16H,1-3,10-15,17H2,(H,24,28)/p+1. The molecule has 2 saturated heterocycles. The number of nitro benzene ring substituents is 1. The number of hydrogen-bond acceptors (Lipinski definition) is 5. The highest BCUT2D eigenvalue weighted by atomic mass is 16.6. The summed E-state index contributed by atoms with van der Waals surface area (Å²) in [4.78, 5) is 27.5. The maximum absolute atomic E-state index is 12.7. The number of nitro groups is 1. The van der Waals surface area contributed by atoms with E-state index in [1.54, 1.807) is 12.1 Å². The molecular weight excluding hydrogens is 396 g/mol. The van der Waals surface area contributed by atoms with Gasteiger partial charge >= 0.3 is 0 Å². The Bertz CT molecular complexity index is 920. The van der Waals surface area contributed by atoms with Gasteiger partial charge in [-0.3, -0.25) is 14.9 Å². The molecule has 2 aliphatic rings. The van der Waals surface area contributed by atoms with Crippen LogP contribution in [0.15, 0.2) is 42.5 Å². The summed E-state index contributed by atoms with van der Waals surface area (Å²) in [7, 11) is 0. The van der Waals surface area contributed by atoms with Crippen molar-refractivity contribution in [3.63, 3.8) is 0 Å². The third kappa shape index (κ3) is 5.39. The van der Waals surface area contributed by atoms with E-state index in [0.29, 0.717) is 11.4 Å². The monoisotopic (exact) mass is 425 g/mol. The van der Waals surface area contributed by atoms with E-state index in [1.165, 1.54) is 16.5 Å². The van der Waals surface area contributed by atoms with Crippen LogP contribution in [0.4, 0.5) is 17.1 Å². The Morgan fingerprint density at radius 1 is 1.06 bits per heavy atom. The van der Waals surface area contributed by atoms with Gasteiger partial charge in [-0.2, -0.15) is 0 Å². The zero-order valence-electron chi connectivity index (χ0n) is 17.6. The Balaban J connectivity index is 1.42. The number of nitrogens with one attached hydrogen (secondary N) is 2. The van der Waals surface area contributed by atoms with E-state index in [0.717, 1.165) is 65.2 Å². The van der Waals surface area contributed by atoms with E-state index >= 15 is 0 Å². The molecular formula is C23H29N4O4+. The molecule has 31 heavy (non-hydrogen) atoms. The number of benzene rings is 2. The summed E-state index contributed by atoms with van der Waals surface area (Å²) in [6.45, 7) is 6.16. The van der Waals surface area contributed by atoms with E-state index in [1.807, 2.05) is 29.2 Å². The first kappa shape index (κ1) is 21.3. The molecule has 2 aliphatic heterocycles. The van der Waals surface area contributed by atoms with Crippen molar-refractivity contribution in [1.29, 1.82) is 0 Å². The average Bonchev–Trinajstić information content (AvgIpc) is 2.81.